The second-order valence-electron chi connectivity index (χ2n) is 8.33. The van der Waals surface area contributed by atoms with Gasteiger partial charge in [0.25, 0.3) is 5.56 Å². The molecule has 1 aromatic heterocycles. The molecule has 13 nitrogen and oxygen atoms in total. The number of H-pyrrole nitrogens is 1. The van der Waals surface area contributed by atoms with Crippen LogP contribution in [-0.2, 0) is 19.0 Å². The summed E-state index contributed by atoms with van der Waals surface area (Å²) in [5.41, 5.74) is 7.37. The number of nitrogens with zero attached hydrogens (tertiary/aromatic N) is 4. The molecule has 0 spiro atoms. The molecule has 1 aliphatic heterocycles. The van der Waals surface area contributed by atoms with Gasteiger partial charge in [-0.05, 0) is 39.6 Å². The third-order valence-electron chi connectivity index (χ3n) is 4.49. The fraction of sp³-hybridized carbons (Fsp3) is 0.684. The van der Waals surface area contributed by atoms with E-state index >= 15 is 0 Å². The SMILES string of the molecule is Cc1cn([C@H]2C[C@H](N=[N+]=[N-])[C@@H](COC(=O)CCCNC(=O)OC(C)(C)C)O2)c(=O)[nH]c1=O. The molecule has 1 amide bonds. The van der Waals surface area contributed by atoms with Crippen LogP contribution in [0.4, 0.5) is 4.79 Å². The summed E-state index contributed by atoms with van der Waals surface area (Å²) >= 11 is 0. The Labute approximate surface area is 183 Å². The maximum atomic E-state index is 12.1. The van der Waals surface area contributed by atoms with Crippen molar-refractivity contribution in [2.75, 3.05) is 13.2 Å². The van der Waals surface area contributed by atoms with Crippen molar-refractivity contribution in [3.63, 3.8) is 0 Å². The van der Waals surface area contributed by atoms with Gasteiger partial charge in [0.1, 0.15) is 24.5 Å². The van der Waals surface area contributed by atoms with Gasteiger partial charge in [0.15, 0.2) is 0 Å². The zero-order valence-electron chi connectivity index (χ0n) is 18.5. The maximum absolute atomic E-state index is 12.1. The lowest BCUT2D eigenvalue weighted by molar-refractivity contribution is -0.148. The van der Waals surface area contributed by atoms with Crippen molar-refractivity contribution < 1.29 is 23.8 Å². The highest BCUT2D eigenvalue weighted by atomic mass is 16.6. The summed E-state index contributed by atoms with van der Waals surface area (Å²) in [4.78, 5) is 52.2. The largest absolute Gasteiger partial charge is 0.463 e. The van der Waals surface area contributed by atoms with Gasteiger partial charge < -0.3 is 19.5 Å². The van der Waals surface area contributed by atoms with Crippen LogP contribution in [-0.4, -0.2) is 52.5 Å². The number of azide groups is 1. The first kappa shape index (κ1) is 25.0. The molecule has 13 heteroatoms. The first-order valence-electron chi connectivity index (χ1n) is 10.1. The highest BCUT2D eigenvalue weighted by molar-refractivity contribution is 5.70. The molecule has 32 heavy (non-hydrogen) atoms. The number of carbonyl (C=O) groups excluding carboxylic acids is 2. The van der Waals surface area contributed by atoms with Crippen molar-refractivity contribution in [2.45, 2.75) is 70.9 Å². The van der Waals surface area contributed by atoms with Crippen LogP contribution in [0.3, 0.4) is 0 Å². The molecular formula is C19H28N6O7. The number of esters is 1. The van der Waals surface area contributed by atoms with Gasteiger partial charge in [-0.2, -0.15) is 0 Å². The van der Waals surface area contributed by atoms with Crippen LogP contribution in [0.5, 0.6) is 0 Å². The lowest BCUT2D eigenvalue weighted by Crippen LogP contribution is -2.33. The Morgan fingerprint density at radius 3 is 2.78 bits per heavy atom. The molecule has 3 atom stereocenters. The van der Waals surface area contributed by atoms with Gasteiger partial charge in [0.05, 0.1) is 6.04 Å². The van der Waals surface area contributed by atoms with E-state index in [1.54, 1.807) is 27.7 Å². The number of hydrogen-bond donors (Lipinski definition) is 2. The van der Waals surface area contributed by atoms with Crippen LogP contribution >= 0.6 is 0 Å². The molecule has 2 heterocycles. The number of nitrogens with one attached hydrogen (secondary N) is 2. The van der Waals surface area contributed by atoms with E-state index in [9.17, 15) is 19.2 Å². The smallest absolute Gasteiger partial charge is 0.407 e. The van der Waals surface area contributed by atoms with Gasteiger partial charge in [0, 0.05) is 36.1 Å². The third-order valence-corrected chi connectivity index (χ3v) is 4.49. The van der Waals surface area contributed by atoms with Crippen LogP contribution < -0.4 is 16.6 Å². The molecule has 0 unspecified atom stereocenters. The number of aromatic amines is 1. The molecular weight excluding hydrogens is 424 g/mol. The summed E-state index contributed by atoms with van der Waals surface area (Å²) in [5, 5.41) is 6.21. The number of ether oxygens (including phenoxy) is 3. The Morgan fingerprint density at radius 1 is 1.41 bits per heavy atom. The van der Waals surface area contributed by atoms with Gasteiger partial charge >= 0.3 is 17.8 Å². The Hall–Kier alpha value is -3.31. The van der Waals surface area contributed by atoms with Crippen LogP contribution in [0, 0.1) is 6.92 Å². The number of hydrogen-bond acceptors (Lipinski definition) is 8. The summed E-state index contributed by atoms with van der Waals surface area (Å²) in [7, 11) is 0. The summed E-state index contributed by atoms with van der Waals surface area (Å²) in [6.45, 7) is 6.86. The standard InChI is InChI=1S/C19H28N6O7/c1-11-9-25(17(28)22-16(11)27)14-8-12(23-24-20)13(31-14)10-30-15(26)6-5-7-21-18(29)32-19(2,3)4/h9,12-14H,5-8,10H2,1-4H3,(H,21,29)(H,22,27,28)/t12-,13+,14+/m0/s1. The normalized spacial score (nSPS) is 20.3. The van der Waals surface area contributed by atoms with E-state index in [1.165, 1.54) is 10.8 Å². The van der Waals surface area contributed by atoms with Crippen molar-refractivity contribution >= 4 is 12.1 Å². The predicted octanol–water partition coefficient (Wildman–Crippen LogP) is 1.66. The van der Waals surface area contributed by atoms with E-state index in [2.05, 4.69) is 20.3 Å². The molecule has 0 saturated carbocycles. The molecule has 0 aromatic carbocycles. The summed E-state index contributed by atoms with van der Waals surface area (Å²) in [5.74, 6) is -0.514. The van der Waals surface area contributed by atoms with E-state index in [0.717, 1.165) is 0 Å². The maximum Gasteiger partial charge on any atom is 0.407 e. The Morgan fingerprint density at radius 2 is 2.12 bits per heavy atom. The van der Waals surface area contributed by atoms with E-state index in [-0.39, 0.29) is 26.0 Å². The van der Waals surface area contributed by atoms with E-state index in [4.69, 9.17) is 19.7 Å². The lowest BCUT2D eigenvalue weighted by atomic mass is 10.1. The van der Waals surface area contributed by atoms with Crippen molar-refractivity contribution in [3.05, 3.63) is 43.0 Å². The van der Waals surface area contributed by atoms with Gasteiger partial charge in [-0.15, -0.1) is 0 Å². The molecule has 2 N–H and O–H groups in total. The van der Waals surface area contributed by atoms with Crippen molar-refractivity contribution in [1.29, 1.82) is 0 Å². The van der Waals surface area contributed by atoms with Crippen molar-refractivity contribution in [1.82, 2.24) is 14.9 Å². The number of aryl methyl sites for hydroxylation is 1. The molecule has 0 bridgehead atoms. The van der Waals surface area contributed by atoms with Gasteiger partial charge in [-0.3, -0.25) is 19.1 Å². The highest BCUT2D eigenvalue weighted by Crippen LogP contribution is 2.30. The first-order valence-corrected chi connectivity index (χ1v) is 10.1. The average Bonchev–Trinajstić information content (AvgIpc) is 3.08. The van der Waals surface area contributed by atoms with Crippen LogP contribution in [0.25, 0.3) is 10.4 Å². The second kappa shape index (κ2) is 10.8. The molecule has 1 saturated heterocycles. The number of carbonyl (C=O) groups is 2. The quantitative estimate of drug-likeness (QED) is 0.198. The molecule has 0 radical (unpaired) electrons. The van der Waals surface area contributed by atoms with E-state index in [0.29, 0.717) is 12.0 Å². The minimum atomic E-state index is -0.782. The van der Waals surface area contributed by atoms with Crippen LogP contribution in [0.15, 0.2) is 20.9 Å². The lowest BCUT2D eigenvalue weighted by Gasteiger charge is -2.19. The highest BCUT2D eigenvalue weighted by Gasteiger charge is 2.37. The fourth-order valence-corrected chi connectivity index (χ4v) is 3.01. The van der Waals surface area contributed by atoms with Crippen molar-refractivity contribution in [3.8, 4) is 0 Å². The van der Waals surface area contributed by atoms with E-state index in [1.807, 2.05) is 0 Å². The zero-order valence-corrected chi connectivity index (χ0v) is 18.5. The minimum absolute atomic E-state index is 0.0523. The molecule has 1 aromatic rings. The first-order chi connectivity index (χ1) is 15.0. The Balaban J connectivity index is 1.85. The van der Waals surface area contributed by atoms with Gasteiger partial charge in [-0.25, -0.2) is 9.59 Å². The van der Waals surface area contributed by atoms with Crippen LogP contribution in [0.2, 0.25) is 0 Å². The van der Waals surface area contributed by atoms with Gasteiger partial charge in [0.2, 0.25) is 0 Å². The number of rotatable bonds is 8. The second-order valence-corrected chi connectivity index (χ2v) is 8.33. The minimum Gasteiger partial charge on any atom is -0.463 e. The third kappa shape index (κ3) is 7.43. The molecule has 1 fully saturated rings. The fourth-order valence-electron chi connectivity index (χ4n) is 3.01. The number of alkyl carbamates (subject to hydrolysis) is 1. The molecule has 176 valence electrons. The summed E-state index contributed by atoms with van der Waals surface area (Å²) in [6, 6.07) is -0.661. The van der Waals surface area contributed by atoms with E-state index < -0.39 is 47.3 Å². The monoisotopic (exact) mass is 452 g/mol. The predicted molar refractivity (Wildman–Crippen MR) is 112 cm³/mol. The van der Waals surface area contributed by atoms with Crippen LogP contribution in [0.1, 0.15) is 51.8 Å². The molecule has 2 rings (SSSR count). The van der Waals surface area contributed by atoms with Crippen molar-refractivity contribution in [2.24, 2.45) is 5.11 Å². The topological polar surface area (TPSA) is 177 Å². The molecule has 1 aliphatic rings. The zero-order chi connectivity index (χ0) is 23.9. The number of aromatic nitrogens is 2. The van der Waals surface area contributed by atoms with Gasteiger partial charge in [-0.1, -0.05) is 5.11 Å². The Bertz CT molecular complexity index is 989. The average molecular weight is 452 g/mol. The Kier molecular flexibility index (Phi) is 8.44. The molecule has 0 aliphatic carbocycles. The number of amides is 1. The summed E-state index contributed by atoms with van der Waals surface area (Å²) in [6.07, 6.45) is -0.160. The summed E-state index contributed by atoms with van der Waals surface area (Å²) < 4.78 is 17.3.